The van der Waals surface area contributed by atoms with Crippen LogP contribution < -0.4 is 10.6 Å². The molecule has 2 saturated heterocycles. The lowest BCUT2D eigenvalue weighted by molar-refractivity contribution is -0.137. The molecule has 14 heteroatoms. The van der Waals surface area contributed by atoms with Crippen LogP contribution in [0.5, 0.6) is 0 Å². The summed E-state index contributed by atoms with van der Waals surface area (Å²) in [5, 5.41) is 5.71. The fourth-order valence-corrected chi connectivity index (χ4v) is 9.13. The number of nitrogens with zero attached hydrogens (tertiary/aromatic N) is 4. The van der Waals surface area contributed by atoms with Crippen LogP contribution in [0.4, 0.5) is 9.59 Å². The number of methoxy groups -OCH3 is 2. The van der Waals surface area contributed by atoms with Crippen LogP contribution in [0.15, 0.2) is 48.7 Å². The van der Waals surface area contributed by atoms with Crippen molar-refractivity contribution in [3.63, 3.8) is 0 Å². The summed E-state index contributed by atoms with van der Waals surface area (Å²) in [4.78, 5) is 71.5. The molecule has 4 aromatic rings. The molecule has 14 nitrogen and oxygen atoms in total. The quantitative estimate of drug-likeness (QED) is 0.173. The first kappa shape index (κ1) is 37.1. The first-order valence-corrected chi connectivity index (χ1v) is 19.8. The number of imidazole rings is 2. The summed E-state index contributed by atoms with van der Waals surface area (Å²) in [6, 6.07) is 13.2. The highest BCUT2D eigenvalue weighted by Crippen LogP contribution is 2.38. The first-order valence-electron chi connectivity index (χ1n) is 19.8. The first-order chi connectivity index (χ1) is 27.3. The molecule has 6 atom stereocenters. The summed E-state index contributed by atoms with van der Waals surface area (Å²) in [5.74, 6) is 7.71. The van der Waals surface area contributed by atoms with Gasteiger partial charge in [0.2, 0.25) is 11.8 Å². The van der Waals surface area contributed by atoms with E-state index < -0.39 is 12.2 Å². The standard InChI is InChI=1S/C42H48N8O6/c1-55-41(53)47-30-9-3-7-28(30)39(51)49-21-5-11-35(49)37-43-24-34(46-37)27-18-15-25(16-19-27)13-14-26-17-20-32-33(23-26)45-38(44-32)36-12-6-22-50(36)40(52)29-8-4-10-31(29)48-42(54)56-2/h15-20,23-24,28-31,35-36H,3-12,21-22H2,1-2H3,(H,43,46)(H,44,45)(H,47,53)(H,48,54)/t28-,29-,30-,31-,35-,36-/m0/s1. The summed E-state index contributed by atoms with van der Waals surface area (Å²) >= 11 is 0. The molecule has 0 spiro atoms. The molecule has 292 valence electrons. The van der Waals surface area contributed by atoms with Crippen LogP contribution in [-0.2, 0) is 19.1 Å². The zero-order chi connectivity index (χ0) is 38.8. The normalized spacial score (nSPS) is 24.5. The Labute approximate surface area is 325 Å². The molecule has 4 N–H and O–H groups in total. The molecule has 56 heavy (non-hydrogen) atoms. The van der Waals surface area contributed by atoms with E-state index in [4.69, 9.17) is 19.4 Å². The van der Waals surface area contributed by atoms with Crippen LogP contribution in [0.3, 0.4) is 0 Å². The van der Waals surface area contributed by atoms with Crippen LogP contribution in [0.1, 0.15) is 99.1 Å². The number of H-pyrrole nitrogens is 2. The van der Waals surface area contributed by atoms with E-state index in [1.54, 1.807) is 0 Å². The number of carbonyl (C=O) groups excluding carboxylic acids is 4. The number of carbonyl (C=O) groups is 4. The van der Waals surface area contributed by atoms with E-state index in [2.05, 4.69) is 32.4 Å². The number of hydrogen-bond donors (Lipinski definition) is 4. The Kier molecular flexibility index (Phi) is 10.7. The number of nitrogens with one attached hydrogen (secondary N) is 4. The zero-order valence-corrected chi connectivity index (χ0v) is 31.8. The SMILES string of the molecule is COC(=O)N[C@H]1CCC[C@@H]1C(=O)N1CCC[C@H]1c1ncc(-c2ccc(C#Cc3ccc4nc([C@@H]5CCCN5C(=O)[C@H]5CCC[C@@H]5NC(=O)OC)[nH]c4c3)cc2)[nH]1. The Morgan fingerprint density at radius 1 is 0.696 bits per heavy atom. The van der Waals surface area contributed by atoms with Crippen LogP contribution >= 0.6 is 0 Å². The van der Waals surface area contributed by atoms with Crippen molar-refractivity contribution < 1.29 is 28.7 Å². The Hall–Kier alpha value is -5.84. The average Bonchev–Trinajstić information content (AvgIpc) is 4.07. The van der Waals surface area contributed by atoms with Gasteiger partial charge in [0.05, 0.1) is 61.1 Å². The molecule has 2 aromatic carbocycles. The molecule has 8 rings (SSSR count). The summed E-state index contributed by atoms with van der Waals surface area (Å²) < 4.78 is 9.57. The topological polar surface area (TPSA) is 175 Å². The molecule has 2 aliphatic heterocycles. The highest BCUT2D eigenvalue weighted by atomic mass is 16.5. The third-order valence-electron chi connectivity index (χ3n) is 12.0. The van der Waals surface area contributed by atoms with Crippen LogP contribution in [-0.4, -0.2) is 93.1 Å². The molecule has 4 amide bonds. The van der Waals surface area contributed by atoms with E-state index >= 15 is 0 Å². The lowest BCUT2D eigenvalue weighted by atomic mass is 10.0. The molecule has 4 heterocycles. The van der Waals surface area contributed by atoms with Gasteiger partial charge < -0.3 is 39.9 Å². The molecule has 2 aromatic heterocycles. The fraction of sp³-hybridized carbons (Fsp3) is 0.476. The third kappa shape index (κ3) is 7.54. The maximum absolute atomic E-state index is 13.7. The molecule has 0 unspecified atom stereocenters. The fourth-order valence-electron chi connectivity index (χ4n) is 9.13. The maximum Gasteiger partial charge on any atom is 0.407 e. The van der Waals surface area contributed by atoms with Gasteiger partial charge in [0.15, 0.2) is 0 Å². The van der Waals surface area contributed by atoms with Crippen LogP contribution in [0.25, 0.3) is 22.3 Å². The second-order valence-electron chi connectivity index (χ2n) is 15.3. The van der Waals surface area contributed by atoms with E-state index in [-0.39, 0.29) is 47.8 Å². The van der Waals surface area contributed by atoms with E-state index in [0.29, 0.717) is 13.1 Å². The van der Waals surface area contributed by atoms with Gasteiger partial charge in [0.25, 0.3) is 0 Å². The Morgan fingerprint density at radius 3 is 1.88 bits per heavy atom. The van der Waals surface area contributed by atoms with Gasteiger partial charge in [0, 0.05) is 36.3 Å². The second kappa shape index (κ2) is 16.1. The number of alkyl carbamates (subject to hydrolysis) is 2. The Bertz CT molecular complexity index is 2170. The van der Waals surface area contributed by atoms with Crippen molar-refractivity contribution >= 4 is 35.0 Å². The average molecular weight is 761 g/mol. The van der Waals surface area contributed by atoms with E-state index in [1.807, 2.05) is 58.5 Å². The summed E-state index contributed by atoms with van der Waals surface area (Å²) in [6.07, 6.45) is 9.07. The minimum absolute atomic E-state index is 0.0645. The number of rotatable bonds is 7. The van der Waals surface area contributed by atoms with Crippen molar-refractivity contribution in [2.75, 3.05) is 27.3 Å². The molecule has 4 aliphatic rings. The number of ether oxygens (including phenoxy) is 2. The van der Waals surface area contributed by atoms with Gasteiger partial charge in [-0.05, 0) is 87.3 Å². The zero-order valence-electron chi connectivity index (χ0n) is 31.8. The Balaban J connectivity index is 0.910. The molecule has 0 bridgehead atoms. The van der Waals surface area contributed by atoms with Gasteiger partial charge in [-0.2, -0.15) is 0 Å². The van der Waals surface area contributed by atoms with Crippen molar-refractivity contribution in [1.29, 1.82) is 0 Å². The van der Waals surface area contributed by atoms with Gasteiger partial charge in [-0.25, -0.2) is 19.6 Å². The minimum atomic E-state index is -0.501. The lowest BCUT2D eigenvalue weighted by Gasteiger charge is -2.29. The van der Waals surface area contributed by atoms with Crippen molar-refractivity contribution in [3.8, 4) is 23.1 Å². The van der Waals surface area contributed by atoms with E-state index in [0.717, 1.165) is 109 Å². The van der Waals surface area contributed by atoms with Gasteiger partial charge in [-0.3, -0.25) is 9.59 Å². The summed E-state index contributed by atoms with van der Waals surface area (Å²) in [5.41, 5.74) is 5.24. The smallest absolute Gasteiger partial charge is 0.407 e. The number of likely N-dealkylation sites (tertiary alicyclic amines) is 2. The predicted molar refractivity (Wildman–Crippen MR) is 207 cm³/mol. The predicted octanol–water partition coefficient (Wildman–Crippen LogP) is 5.73. The minimum Gasteiger partial charge on any atom is -0.453 e. The molecule has 4 fully saturated rings. The highest BCUT2D eigenvalue weighted by molar-refractivity contribution is 5.83. The number of aromatic nitrogens is 4. The monoisotopic (exact) mass is 760 g/mol. The van der Waals surface area contributed by atoms with Crippen molar-refractivity contribution in [2.45, 2.75) is 88.4 Å². The van der Waals surface area contributed by atoms with Crippen LogP contribution in [0.2, 0.25) is 0 Å². The largest absolute Gasteiger partial charge is 0.453 e. The van der Waals surface area contributed by atoms with Crippen molar-refractivity contribution in [3.05, 3.63) is 71.4 Å². The van der Waals surface area contributed by atoms with Crippen LogP contribution in [0, 0.1) is 23.7 Å². The van der Waals surface area contributed by atoms with Gasteiger partial charge >= 0.3 is 12.2 Å². The van der Waals surface area contributed by atoms with Gasteiger partial charge in [-0.15, -0.1) is 0 Å². The number of fused-ring (bicyclic) bond motifs is 1. The molecular weight excluding hydrogens is 713 g/mol. The lowest BCUT2D eigenvalue weighted by Crippen LogP contribution is -2.45. The van der Waals surface area contributed by atoms with E-state index in [1.165, 1.54) is 14.2 Å². The van der Waals surface area contributed by atoms with Crippen molar-refractivity contribution in [2.24, 2.45) is 11.8 Å². The molecule has 2 aliphatic carbocycles. The third-order valence-corrected chi connectivity index (χ3v) is 12.0. The van der Waals surface area contributed by atoms with E-state index in [9.17, 15) is 19.2 Å². The Morgan fingerprint density at radius 2 is 1.27 bits per heavy atom. The summed E-state index contributed by atoms with van der Waals surface area (Å²) in [6.45, 7) is 1.33. The number of benzene rings is 2. The number of amides is 4. The van der Waals surface area contributed by atoms with Gasteiger partial charge in [0.1, 0.15) is 11.6 Å². The number of hydrogen-bond acceptors (Lipinski definition) is 8. The second-order valence-corrected chi connectivity index (χ2v) is 15.3. The van der Waals surface area contributed by atoms with Gasteiger partial charge in [-0.1, -0.05) is 36.8 Å². The summed E-state index contributed by atoms with van der Waals surface area (Å²) in [7, 11) is 2.68. The highest BCUT2D eigenvalue weighted by Gasteiger charge is 2.42. The molecule has 0 radical (unpaired) electrons. The van der Waals surface area contributed by atoms with Crippen molar-refractivity contribution in [1.82, 2.24) is 40.4 Å². The maximum atomic E-state index is 13.7. The molecular formula is C42H48N8O6. The number of aromatic amines is 2. The molecule has 2 saturated carbocycles.